The Morgan fingerprint density at radius 3 is 2.65 bits per heavy atom. The SMILES string of the molecule is Cc1ccc(CCCNC(=O)C2CCCN(S(C)(=O)=O)C2)cc1. The van der Waals surface area contributed by atoms with Gasteiger partial charge in [-0.15, -0.1) is 0 Å². The predicted molar refractivity (Wildman–Crippen MR) is 91.7 cm³/mol. The van der Waals surface area contributed by atoms with Gasteiger partial charge in [-0.1, -0.05) is 29.8 Å². The number of hydrogen-bond acceptors (Lipinski definition) is 3. The van der Waals surface area contributed by atoms with E-state index in [0.29, 0.717) is 19.6 Å². The smallest absolute Gasteiger partial charge is 0.224 e. The molecule has 1 fully saturated rings. The first-order valence-electron chi connectivity index (χ1n) is 8.14. The molecule has 23 heavy (non-hydrogen) atoms. The normalized spacial score (nSPS) is 19.5. The predicted octanol–water partition coefficient (Wildman–Crippen LogP) is 1.72. The molecule has 6 heteroatoms. The topological polar surface area (TPSA) is 66.5 Å². The van der Waals surface area contributed by atoms with Crippen LogP contribution in [0.1, 0.15) is 30.4 Å². The van der Waals surface area contributed by atoms with Crippen LogP contribution in [0.2, 0.25) is 0 Å². The van der Waals surface area contributed by atoms with Gasteiger partial charge in [0.2, 0.25) is 15.9 Å². The molecule has 1 aliphatic rings. The van der Waals surface area contributed by atoms with E-state index in [2.05, 4.69) is 36.5 Å². The second kappa shape index (κ2) is 7.93. The zero-order valence-corrected chi connectivity index (χ0v) is 14.7. The summed E-state index contributed by atoms with van der Waals surface area (Å²) < 4.78 is 24.6. The zero-order chi connectivity index (χ0) is 16.9. The maximum atomic E-state index is 12.2. The molecule has 1 N–H and O–H groups in total. The molecule has 1 amide bonds. The molecule has 0 radical (unpaired) electrons. The van der Waals surface area contributed by atoms with Crippen LogP contribution in [0.3, 0.4) is 0 Å². The Balaban J connectivity index is 1.73. The van der Waals surface area contributed by atoms with E-state index in [-0.39, 0.29) is 11.8 Å². The minimum atomic E-state index is -3.20. The van der Waals surface area contributed by atoms with Gasteiger partial charge in [0.15, 0.2) is 0 Å². The van der Waals surface area contributed by atoms with Crippen LogP contribution in [0.4, 0.5) is 0 Å². The lowest BCUT2D eigenvalue weighted by atomic mass is 9.99. The third kappa shape index (κ3) is 5.62. The van der Waals surface area contributed by atoms with Gasteiger partial charge in [0.05, 0.1) is 12.2 Å². The monoisotopic (exact) mass is 338 g/mol. The maximum Gasteiger partial charge on any atom is 0.224 e. The summed E-state index contributed by atoms with van der Waals surface area (Å²) in [6, 6.07) is 8.41. The molecule has 1 heterocycles. The number of sulfonamides is 1. The van der Waals surface area contributed by atoms with Gasteiger partial charge in [-0.25, -0.2) is 12.7 Å². The van der Waals surface area contributed by atoms with Gasteiger partial charge in [-0.3, -0.25) is 4.79 Å². The summed E-state index contributed by atoms with van der Waals surface area (Å²) in [7, 11) is -3.20. The van der Waals surface area contributed by atoms with E-state index in [4.69, 9.17) is 0 Å². The van der Waals surface area contributed by atoms with Gasteiger partial charge < -0.3 is 5.32 Å². The van der Waals surface area contributed by atoms with Crippen LogP contribution < -0.4 is 5.32 Å². The van der Waals surface area contributed by atoms with Crippen LogP contribution in [0, 0.1) is 12.8 Å². The first-order chi connectivity index (χ1) is 10.9. The number of carbonyl (C=O) groups excluding carboxylic acids is 1. The van der Waals surface area contributed by atoms with Crippen LogP contribution in [0.25, 0.3) is 0 Å². The summed E-state index contributed by atoms with van der Waals surface area (Å²) in [4.78, 5) is 12.2. The number of piperidine rings is 1. The van der Waals surface area contributed by atoms with Crippen molar-refractivity contribution < 1.29 is 13.2 Å². The highest BCUT2D eigenvalue weighted by Crippen LogP contribution is 2.18. The van der Waals surface area contributed by atoms with Gasteiger partial charge in [0, 0.05) is 19.6 Å². The molecule has 128 valence electrons. The number of aryl methyl sites for hydroxylation is 2. The molecule has 1 aliphatic heterocycles. The van der Waals surface area contributed by atoms with Crippen molar-refractivity contribution in [1.82, 2.24) is 9.62 Å². The maximum absolute atomic E-state index is 12.2. The van der Waals surface area contributed by atoms with Crippen molar-refractivity contribution in [2.24, 2.45) is 5.92 Å². The highest BCUT2D eigenvalue weighted by Gasteiger charge is 2.29. The molecule has 1 atom stereocenters. The lowest BCUT2D eigenvalue weighted by molar-refractivity contribution is -0.126. The van der Waals surface area contributed by atoms with E-state index in [1.54, 1.807) is 0 Å². The molecule has 1 aromatic carbocycles. The van der Waals surface area contributed by atoms with Crippen molar-refractivity contribution in [3.63, 3.8) is 0 Å². The van der Waals surface area contributed by atoms with Crippen molar-refractivity contribution in [3.8, 4) is 0 Å². The fourth-order valence-electron chi connectivity index (χ4n) is 2.86. The van der Waals surface area contributed by atoms with E-state index in [0.717, 1.165) is 25.7 Å². The van der Waals surface area contributed by atoms with Crippen molar-refractivity contribution in [2.75, 3.05) is 25.9 Å². The quantitative estimate of drug-likeness (QED) is 0.803. The summed E-state index contributed by atoms with van der Waals surface area (Å²) in [5.74, 6) is -0.250. The summed E-state index contributed by atoms with van der Waals surface area (Å²) in [5, 5.41) is 2.95. The summed E-state index contributed by atoms with van der Waals surface area (Å²) in [6.45, 7) is 3.52. The van der Waals surface area contributed by atoms with Crippen molar-refractivity contribution >= 4 is 15.9 Å². The highest BCUT2D eigenvalue weighted by molar-refractivity contribution is 7.88. The number of nitrogens with one attached hydrogen (secondary N) is 1. The van der Waals surface area contributed by atoms with Crippen LogP contribution >= 0.6 is 0 Å². The van der Waals surface area contributed by atoms with E-state index in [9.17, 15) is 13.2 Å². The Morgan fingerprint density at radius 1 is 1.30 bits per heavy atom. The average Bonchev–Trinajstić information content (AvgIpc) is 2.52. The zero-order valence-electron chi connectivity index (χ0n) is 13.9. The number of rotatable bonds is 6. The van der Waals surface area contributed by atoms with Gasteiger partial charge in [-0.2, -0.15) is 0 Å². The molecular weight excluding hydrogens is 312 g/mol. The average molecular weight is 338 g/mol. The number of amides is 1. The Hall–Kier alpha value is -1.40. The molecule has 1 aromatic rings. The highest BCUT2D eigenvalue weighted by atomic mass is 32.2. The summed E-state index contributed by atoms with van der Waals surface area (Å²) >= 11 is 0. The molecule has 0 aromatic heterocycles. The minimum Gasteiger partial charge on any atom is -0.356 e. The Kier molecular flexibility index (Phi) is 6.18. The van der Waals surface area contributed by atoms with Gasteiger partial charge in [0.1, 0.15) is 0 Å². The van der Waals surface area contributed by atoms with Crippen LogP contribution in [0.5, 0.6) is 0 Å². The Labute approximate surface area is 139 Å². The number of benzene rings is 1. The molecule has 0 bridgehead atoms. The second-order valence-corrected chi connectivity index (χ2v) is 8.32. The Morgan fingerprint density at radius 2 is 2.00 bits per heavy atom. The third-order valence-corrected chi connectivity index (χ3v) is 5.56. The van der Waals surface area contributed by atoms with Gasteiger partial charge >= 0.3 is 0 Å². The number of nitrogens with zero attached hydrogens (tertiary/aromatic N) is 1. The molecule has 5 nitrogen and oxygen atoms in total. The fraction of sp³-hybridized carbons (Fsp3) is 0.588. The molecule has 1 unspecified atom stereocenters. The first kappa shape index (κ1) is 17.9. The molecular formula is C17H26N2O3S. The fourth-order valence-corrected chi connectivity index (χ4v) is 3.77. The lowest BCUT2D eigenvalue weighted by Gasteiger charge is -2.30. The van der Waals surface area contributed by atoms with E-state index >= 15 is 0 Å². The standard InChI is InChI=1S/C17H26N2O3S/c1-14-7-9-15(10-8-14)5-3-11-18-17(20)16-6-4-12-19(13-16)23(2,21)22/h7-10,16H,3-6,11-13H2,1-2H3,(H,18,20). The summed E-state index contributed by atoms with van der Waals surface area (Å²) in [6.07, 6.45) is 4.52. The van der Waals surface area contributed by atoms with Crippen LogP contribution in [-0.2, 0) is 21.2 Å². The molecule has 0 aliphatic carbocycles. The Bertz CT molecular complexity index is 626. The molecule has 1 saturated heterocycles. The van der Waals surface area contributed by atoms with E-state index in [1.165, 1.54) is 21.7 Å². The van der Waals surface area contributed by atoms with Crippen molar-refractivity contribution in [3.05, 3.63) is 35.4 Å². The first-order valence-corrected chi connectivity index (χ1v) is 9.99. The van der Waals surface area contributed by atoms with Crippen LogP contribution in [0.15, 0.2) is 24.3 Å². The largest absolute Gasteiger partial charge is 0.356 e. The van der Waals surface area contributed by atoms with Gasteiger partial charge in [0.25, 0.3) is 0 Å². The molecule has 0 spiro atoms. The molecule has 0 saturated carbocycles. The van der Waals surface area contributed by atoms with Crippen molar-refractivity contribution in [1.29, 1.82) is 0 Å². The molecule has 2 rings (SSSR count). The van der Waals surface area contributed by atoms with E-state index in [1.807, 2.05) is 0 Å². The van der Waals surface area contributed by atoms with E-state index < -0.39 is 10.0 Å². The second-order valence-electron chi connectivity index (χ2n) is 6.34. The number of carbonyl (C=O) groups is 1. The summed E-state index contributed by atoms with van der Waals surface area (Å²) in [5.41, 5.74) is 2.51. The number of hydrogen-bond donors (Lipinski definition) is 1. The lowest BCUT2D eigenvalue weighted by Crippen LogP contribution is -2.45. The van der Waals surface area contributed by atoms with Gasteiger partial charge in [-0.05, 0) is 38.2 Å². The minimum absolute atomic E-state index is 0.0257. The van der Waals surface area contributed by atoms with Crippen molar-refractivity contribution in [2.45, 2.75) is 32.6 Å². The third-order valence-electron chi connectivity index (χ3n) is 4.29. The van der Waals surface area contributed by atoms with Crippen LogP contribution in [-0.4, -0.2) is 44.5 Å².